The minimum Gasteiger partial charge on any atom is -0.393 e. The Bertz CT molecular complexity index is 564. The van der Waals surface area contributed by atoms with Gasteiger partial charge in [0, 0.05) is 17.8 Å². The molecule has 0 radical (unpaired) electrons. The van der Waals surface area contributed by atoms with Crippen LogP contribution in [0.25, 0.3) is 0 Å². The highest BCUT2D eigenvalue weighted by atomic mass is 16.5. The molecule has 0 aliphatic heterocycles. The summed E-state index contributed by atoms with van der Waals surface area (Å²) >= 11 is 0. The first-order chi connectivity index (χ1) is 11.2. The fourth-order valence-corrected chi connectivity index (χ4v) is 7.41. The molecule has 4 aliphatic rings. The highest BCUT2D eigenvalue weighted by molar-refractivity contribution is 5.16. The fourth-order valence-electron chi connectivity index (χ4n) is 7.41. The van der Waals surface area contributed by atoms with Gasteiger partial charge >= 0.3 is 0 Å². The summed E-state index contributed by atoms with van der Waals surface area (Å²) in [5.41, 5.74) is -0.157. The van der Waals surface area contributed by atoms with Gasteiger partial charge in [-0.3, -0.25) is 0 Å². The molecule has 0 spiro atoms. The van der Waals surface area contributed by atoms with Gasteiger partial charge in [0.1, 0.15) is 0 Å². The van der Waals surface area contributed by atoms with Gasteiger partial charge in [0.05, 0.1) is 6.10 Å². The van der Waals surface area contributed by atoms with E-state index >= 15 is 0 Å². The van der Waals surface area contributed by atoms with Crippen molar-refractivity contribution < 1.29 is 15.3 Å². The standard InChI is InChI=1S/C21H32O3/c1-4-13-11-14-12-15(22)5-8-19(14,2)16-6-9-20(3)17(18(13)16)7-10-21(20,23)24/h1,13-18,22-24H,5-12H2,2-3H3/t13-,14+,15+,16+,17+,18-,19+,20+/m1/s1. The fraction of sp³-hybridized carbons (Fsp3) is 0.905. The summed E-state index contributed by atoms with van der Waals surface area (Å²) in [6.45, 7) is 4.50. The molecule has 0 amide bonds. The second kappa shape index (κ2) is 5.22. The van der Waals surface area contributed by atoms with Gasteiger partial charge in [0.15, 0.2) is 5.79 Å². The molecule has 0 unspecified atom stereocenters. The minimum absolute atomic E-state index is 0.166. The lowest BCUT2D eigenvalue weighted by atomic mass is 9.42. The molecule has 24 heavy (non-hydrogen) atoms. The lowest BCUT2D eigenvalue weighted by Crippen LogP contribution is -2.59. The Labute approximate surface area is 145 Å². The van der Waals surface area contributed by atoms with Crippen LogP contribution in [0.4, 0.5) is 0 Å². The Morgan fingerprint density at radius 3 is 2.38 bits per heavy atom. The molecule has 4 saturated carbocycles. The Hall–Kier alpha value is -0.560. The number of hydrogen-bond donors (Lipinski definition) is 3. The molecule has 0 heterocycles. The Morgan fingerprint density at radius 2 is 1.67 bits per heavy atom. The quantitative estimate of drug-likeness (QED) is 0.472. The predicted molar refractivity (Wildman–Crippen MR) is 92.6 cm³/mol. The molecular formula is C21H32O3. The molecule has 0 aromatic rings. The third-order valence-corrected chi connectivity index (χ3v) is 9.01. The summed E-state index contributed by atoms with van der Waals surface area (Å²) in [5, 5.41) is 31.4. The van der Waals surface area contributed by atoms with E-state index in [4.69, 9.17) is 6.42 Å². The second-order valence-electron chi connectivity index (χ2n) is 9.74. The largest absolute Gasteiger partial charge is 0.393 e. The predicted octanol–water partition coefficient (Wildman–Crippen LogP) is 2.93. The number of aliphatic hydroxyl groups excluding tert-OH is 1. The Balaban J connectivity index is 1.72. The van der Waals surface area contributed by atoms with E-state index in [-0.39, 0.29) is 17.4 Å². The molecule has 8 atom stereocenters. The summed E-state index contributed by atoms with van der Waals surface area (Å²) in [6, 6.07) is 0. The molecule has 0 aromatic heterocycles. The first kappa shape index (κ1) is 16.9. The van der Waals surface area contributed by atoms with Crippen molar-refractivity contribution in [3.63, 3.8) is 0 Å². The van der Waals surface area contributed by atoms with Gasteiger partial charge in [-0.15, -0.1) is 12.3 Å². The summed E-state index contributed by atoms with van der Waals surface area (Å²) in [6.07, 6.45) is 13.0. The van der Waals surface area contributed by atoms with Crippen LogP contribution >= 0.6 is 0 Å². The van der Waals surface area contributed by atoms with Crippen molar-refractivity contribution >= 4 is 0 Å². The van der Waals surface area contributed by atoms with E-state index in [9.17, 15) is 15.3 Å². The van der Waals surface area contributed by atoms with Crippen LogP contribution in [0.2, 0.25) is 0 Å². The number of rotatable bonds is 0. The zero-order valence-corrected chi connectivity index (χ0v) is 15.0. The maximum absolute atomic E-state index is 10.6. The monoisotopic (exact) mass is 332 g/mol. The van der Waals surface area contributed by atoms with Crippen LogP contribution in [-0.2, 0) is 0 Å². The lowest BCUT2D eigenvalue weighted by Gasteiger charge is -2.62. The maximum Gasteiger partial charge on any atom is 0.168 e. The molecule has 3 heteroatoms. The minimum atomic E-state index is -1.54. The summed E-state index contributed by atoms with van der Waals surface area (Å²) < 4.78 is 0. The average Bonchev–Trinajstić information content (AvgIpc) is 2.78. The topological polar surface area (TPSA) is 60.7 Å². The Kier molecular flexibility index (Phi) is 3.67. The van der Waals surface area contributed by atoms with Crippen LogP contribution in [0.5, 0.6) is 0 Å². The van der Waals surface area contributed by atoms with Crippen LogP contribution < -0.4 is 0 Å². The van der Waals surface area contributed by atoms with Crippen molar-refractivity contribution in [3.05, 3.63) is 0 Å². The molecule has 3 N–H and O–H groups in total. The highest BCUT2D eigenvalue weighted by Gasteiger charge is 2.66. The number of terminal acetylenes is 1. The van der Waals surface area contributed by atoms with Crippen molar-refractivity contribution in [1.29, 1.82) is 0 Å². The van der Waals surface area contributed by atoms with Gasteiger partial charge in [-0.2, -0.15) is 0 Å². The molecule has 4 fully saturated rings. The molecule has 134 valence electrons. The molecule has 0 saturated heterocycles. The SMILES string of the molecule is C#C[C@@H]1C[C@H]2C[C@@H](O)CC[C@]2(C)[C@H]2CC[C@@]3(C)[C@@H](CCC3(O)O)[C@H]12. The number of aliphatic hydroxyl groups is 3. The normalized spacial score (nSPS) is 55.8. The van der Waals surface area contributed by atoms with Crippen LogP contribution in [-0.4, -0.2) is 27.2 Å². The first-order valence-electron chi connectivity index (χ1n) is 9.82. The molecule has 3 nitrogen and oxygen atoms in total. The van der Waals surface area contributed by atoms with Gasteiger partial charge in [0.25, 0.3) is 0 Å². The van der Waals surface area contributed by atoms with Crippen molar-refractivity contribution in [2.24, 2.45) is 40.4 Å². The van der Waals surface area contributed by atoms with E-state index in [0.29, 0.717) is 30.1 Å². The van der Waals surface area contributed by atoms with Crippen LogP contribution in [0, 0.1) is 52.8 Å². The summed E-state index contributed by atoms with van der Waals surface area (Å²) in [4.78, 5) is 0. The molecule has 0 aromatic carbocycles. The molecular weight excluding hydrogens is 300 g/mol. The van der Waals surface area contributed by atoms with E-state index in [1.54, 1.807) is 0 Å². The van der Waals surface area contributed by atoms with E-state index in [2.05, 4.69) is 19.8 Å². The maximum atomic E-state index is 10.6. The Morgan fingerprint density at radius 1 is 0.958 bits per heavy atom. The van der Waals surface area contributed by atoms with Crippen LogP contribution in [0.3, 0.4) is 0 Å². The van der Waals surface area contributed by atoms with Gasteiger partial charge in [0.2, 0.25) is 0 Å². The zero-order valence-electron chi connectivity index (χ0n) is 15.0. The van der Waals surface area contributed by atoms with Gasteiger partial charge in [-0.05, 0) is 74.0 Å². The smallest absolute Gasteiger partial charge is 0.168 e. The van der Waals surface area contributed by atoms with E-state index in [1.807, 2.05) is 0 Å². The third kappa shape index (κ3) is 2.03. The van der Waals surface area contributed by atoms with E-state index in [1.165, 1.54) is 0 Å². The lowest BCUT2D eigenvalue weighted by molar-refractivity contribution is -0.255. The molecule has 4 aliphatic carbocycles. The summed E-state index contributed by atoms with van der Waals surface area (Å²) in [7, 11) is 0. The summed E-state index contributed by atoms with van der Waals surface area (Å²) in [5.74, 6) is 3.57. The average molecular weight is 332 g/mol. The van der Waals surface area contributed by atoms with Crippen molar-refractivity contribution in [2.75, 3.05) is 0 Å². The number of fused-ring (bicyclic) bond motifs is 5. The highest BCUT2D eigenvalue weighted by Crippen LogP contribution is 2.68. The van der Waals surface area contributed by atoms with Crippen LogP contribution in [0.1, 0.15) is 65.2 Å². The second-order valence-corrected chi connectivity index (χ2v) is 9.74. The van der Waals surface area contributed by atoms with E-state index < -0.39 is 11.2 Å². The molecule has 4 rings (SSSR count). The zero-order chi connectivity index (χ0) is 17.3. The first-order valence-corrected chi connectivity index (χ1v) is 9.82. The van der Waals surface area contributed by atoms with E-state index in [0.717, 1.165) is 44.9 Å². The van der Waals surface area contributed by atoms with Gasteiger partial charge in [-0.1, -0.05) is 13.8 Å². The van der Waals surface area contributed by atoms with Gasteiger partial charge < -0.3 is 15.3 Å². The van der Waals surface area contributed by atoms with Crippen molar-refractivity contribution in [3.8, 4) is 12.3 Å². The number of hydrogen-bond acceptors (Lipinski definition) is 3. The van der Waals surface area contributed by atoms with Crippen molar-refractivity contribution in [2.45, 2.75) is 77.1 Å². The van der Waals surface area contributed by atoms with Crippen molar-refractivity contribution in [1.82, 2.24) is 0 Å². The van der Waals surface area contributed by atoms with Crippen LogP contribution in [0.15, 0.2) is 0 Å². The van der Waals surface area contributed by atoms with Gasteiger partial charge in [-0.25, -0.2) is 0 Å². The third-order valence-electron chi connectivity index (χ3n) is 9.01. The molecule has 0 bridgehead atoms.